The topological polar surface area (TPSA) is 66.9 Å². The number of para-hydroxylation sites is 2. The molecule has 4 fully saturated rings. The van der Waals surface area contributed by atoms with Crippen LogP contribution in [0.1, 0.15) is 38.5 Å². The molecule has 0 spiro atoms. The normalized spacial score (nSPS) is 31.0. The molecule has 6 rings (SSSR count). The van der Waals surface area contributed by atoms with Gasteiger partial charge in [-0.15, -0.1) is 10.2 Å². The van der Waals surface area contributed by atoms with Gasteiger partial charge in [-0.25, -0.2) is 0 Å². The van der Waals surface area contributed by atoms with Crippen LogP contribution >= 0.6 is 23.1 Å². The van der Waals surface area contributed by atoms with E-state index in [1.807, 2.05) is 12.1 Å². The SMILES string of the molecule is O=C(CSc1nncs1)Nc1ccccc1NC12CC3CC(CC(C3)C1)C2. The van der Waals surface area contributed by atoms with Crippen molar-refractivity contribution in [3.63, 3.8) is 0 Å². The largest absolute Gasteiger partial charge is 0.378 e. The van der Waals surface area contributed by atoms with Gasteiger partial charge in [0.2, 0.25) is 5.91 Å². The van der Waals surface area contributed by atoms with Crippen LogP contribution in [0.3, 0.4) is 0 Å². The van der Waals surface area contributed by atoms with E-state index in [2.05, 4.69) is 33.0 Å². The van der Waals surface area contributed by atoms with E-state index >= 15 is 0 Å². The van der Waals surface area contributed by atoms with Crippen molar-refractivity contribution >= 4 is 40.4 Å². The summed E-state index contributed by atoms with van der Waals surface area (Å²) in [5.74, 6) is 3.03. The molecule has 2 N–H and O–H groups in total. The Labute approximate surface area is 167 Å². The number of amides is 1. The van der Waals surface area contributed by atoms with Crippen molar-refractivity contribution in [2.75, 3.05) is 16.4 Å². The van der Waals surface area contributed by atoms with Gasteiger partial charge in [0.25, 0.3) is 0 Å². The zero-order valence-corrected chi connectivity index (χ0v) is 16.8. The molecular weight excluding hydrogens is 376 g/mol. The first-order valence-corrected chi connectivity index (χ1v) is 11.6. The molecule has 1 amide bonds. The zero-order valence-electron chi connectivity index (χ0n) is 15.2. The summed E-state index contributed by atoms with van der Waals surface area (Å²) in [7, 11) is 0. The Kier molecular flexibility index (Phi) is 4.60. The van der Waals surface area contributed by atoms with Gasteiger partial charge in [0.05, 0.1) is 17.1 Å². The minimum atomic E-state index is -0.00466. The summed E-state index contributed by atoms with van der Waals surface area (Å²) in [4.78, 5) is 12.4. The van der Waals surface area contributed by atoms with Gasteiger partial charge < -0.3 is 10.6 Å². The molecule has 4 bridgehead atoms. The number of nitrogens with zero attached hydrogens (tertiary/aromatic N) is 2. The zero-order chi connectivity index (χ0) is 18.3. The lowest BCUT2D eigenvalue weighted by molar-refractivity contribution is -0.113. The molecule has 0 saturated heterocycles. The second-order valence-electron chi connectivity index (χ2n) is 8.41. The predicted molar refractivity (Wildman–Crippen MR) is 110 cm³/mol. The molecule has 0 atom stereocenters. The summed E-state index contributed by atoms with van der Waals surface area (Å²) in [6.45, 7) is 0. The van der Waals surface area contributed by atoms with E-state index in [9.17, 15) is 4.79 Å². The number of anilines is 2. The third-order valence-electron chi connectivity index (χ3n) is 6.31. The minimum absolute atomic E-state index is 0.00466. The standard InChI is InChI=1S/C20H24N4OS2/c25-18(11-26-19-24-21-12-27-19)22-16-3-1-2-4-17(16)23-20-8-13-5-14(9-20)7-15(6-13)10-20/h1-4,12-15,23H,5-11H2,(H,22,25). The minimum Gasteiger partial charge on any atom is -0.378 e. The number of rotatable bonds is 6. The first-order valence-electron chi connectivity index (χ1n) is 9.73. The van der Waals surface area contributed by atoms with Gasteiger partial charge in [-0.1, -0.05) is 35.2 Å². The lowest BCUT2D eigenvalue weighted by Crippen LogP contribution is -2.54. The van der Waals surface area contributed by atoms with Crippen LogP contribution in [0, 0.1) is 17.8 Å². The molecule has 7 heteroatoms. The summed E-state index contributed by atoms with van der Waals surface area (Å²) in [6, 6.07) is 8.13. The molecule has 1 aromatic carbocycles. The van der Waals surface area contributed by atoms with Crippen LogP contribution in [0.4, 0.5) is 11.4 Å². The average Bonchev–Trinajstić information content (AvgIpc) is 3.14. The Hall–Kier alpha value is -1.60. The molecule has 4 saturated carbocycles. The van der Waals surface area contributed by atoms with E-state index < -0.39 is 0 Å². The van der Waals surface area contributed by atoms with Crippen molar-refractivity contribution in [2.45, 2.75) is 48.4 Å². The molecular formula is C20H24N4OS2. The van der Waals surface area contributed by atoms with Crippen LogP contribution in [0.25, 0.3) is 0 Å². The van der Waals surface area contributed by atoms with Crippen molar-refractivity contribution < 1.29 is 4.79 Å². The van der Waals surface area contributed by atoms with Gasteiger partial charge in [0, 0.05) is 5.54 Å². The van der Waals surface area contributed by atoms with E-state index in [1.165, 1.54) is 61.6 Å². The van der Waals surface area contributed by atoms with Crippen LogP contribution in [-0.2, 0) is 4.79 Å². The van der Waals surface area contributed by atoms with E-state index in [4.69, 9.17) is 0 Å². The Balaban J connectivity index is 1.28. The fraction of sp³-hybridized carbons (Fsp3) is 0.550. The van der Waals surface area contributed by atoms with E-state index in [1.54, 1.807) is 5.51 Å². The summed E-state index contributed by atoms with van der Waals surface area (Å²) in [6.07, 6.45) is 8.16. The van der Waals surface area contributed by atoms with Crippen molar-refractivity contribution in [2.24, 2.45) is 17.8 Å². The maximum atomic E-state index is 12.4. The number of nitrogens with one attached hydrogen (secondary N) is 2. The Bertz CT molecular complexity index is 788. The molecule has 1 heterocycles. The van der Waals surface area contributed by atoms with Gasteiger partial charge in [0.15, 0.2) is 4.34 Å². The van der Waals surface area contributed by atoms with Crippen LogP contribution < -0.4 is 10.6 Å². The second kappa shape index (κ2) is 7.09. The van der Waals surface area contributed by atoms with Crippen LogP contribution in [0.15, 0.2) is 34.1 Å². The molecule has 0 radical (unpaired) electrons. The van der Waals surface area contributed by atoms with Gasteiger partial charge in [-0.3, -0.25) is 4.79 Å². The summed E-state index contributed by atoms with van der Waals surface area (Å²) >= 11 is 2.89. The van der Waals surface area contributed by atoms with Crippen LogP contribution in [0.5, 0.6) is 0 Å². The van der Waals surface area contributed by atoms with Crippen molar-refractivity contribution in [3.8, 4) is 0 Å². The lowest BCUT2D eigenvalue weighted by Gasteiger charge is -2.57. The molecule has 5 nitrogen and oxygen atoms in total. The third-order valence-corrected chi connectivity index (χ3v) is 8.17. The Morgan fingerprint density at radius 2 is 1.78 bits per heavy atom. The number of hydrogen-bond donors (Lipinski definition) is 2. The molecule has 2 aromatic rings. The summed E-state index contributed by atoms with van der Waals surface area (Å²) < 4.78 is 0.824. The van der Waals surface area contributed by atoms with Crippen LogP contribution in [-0.4, -0.2) is 27.4 Å². The predicted octanol–water partition coefficient (Wildman–Crippen LogP) is 4.65. The van der Waals surface area contributed by atoms with Crippen molar-refractivity contribution in [3.05, 3.63) is 29.8 Å². The molecule has 1 aromatic heterocycles. The van der Waals surface area contributed by atoms with E-state index in [-0.39, 0.29) is 11.4 Å². The van der Waals surface area contributed by atoms with E-state index in [0.29, 0.717) is 5.75 Å². The number of benzene rings is 1. The van der Waals surface area contributed by atoms with Crippen LogP contribution in [0.2, 0.25) is 0 Å². The lowest BCUT2D eigenvalue weighted by atomic mass is 9.53. The van der Waals surface area contributed by atoms with Gasteiger partial charge in [0.1, 0.15) is 5.51 Å². The Morgan fingerprint density at radius 1 is 1.11 bits per heavy atom. The fourth-order valence-electron chi connectivity index (χ4n) is 5.79. The van der Waals surface area contributed by atoms with Gasteiger partial charge in [-0.05, 0) is 68.4 Å². The first-order chi connectivity index (χ1) is 13.2. The number of thioether (sulfide) groups is 1. The molecule has 0 unspecified atom stereocenters. The molecule has 0 aliphatic heterocycles. The first kappa shape index (κ1) is 17.5. The van der Waals surface area contributed by atoms with E-state index in [0.717, 1.165) is 33.5 Å². The highest BCUT2D eigenvalue weighted by molar-refractivity contribution is 8.01. The summed E-state index contributed by atoms with van der Waals surface area (Å²) in [5.41, 5.74) is 3.87. The highest BCUT2D eigenvalue weighted by Crippen LogP contribution is 2.56. The highest BCUT2D eigenvalue weighted by atomic mass is 32.2. The van der Waals surface area contributed by atoms with Crippen molar-refractivity contribution in [1.82, 2.24) is 10.2 Å². The molecule has 4 aliphatic rings. The fourth-order valence-corrected chi connectivity index (χ4v) is 7.08. The maximum absolute atomic E-state index is 12.4. The molecule has 27 heavy (non-hydrogen) atoms. The van der Waals surface area contributed by atoms with Gasteiger partial charge in [-0.2, -0.15) is 0 Å². The van der Waals surface area contributed by atoms with Gasteiger partial charge >= 0.3 is 0 Å². The number of carbonyl (C=O) groups is 1. The maximum Gasteiger partial charge on any atom is 0.234 e. The number of hydrogen-bond acceptors (Lipinski definition) is 6. The molecule has 142 valence electrons. The number of aromatic nitrogens is 2. The monoisotopic (exact) mass is 400 g/mol. The Morgan fingerprint density at radius 3 is 2.41 bits per heavy atom. The van der Waals surface area contributed by atoms with Crippen molar-refractivity contribution in [1.29, 1.82) is 0 Å². The molecule has 4 aliphatic carbocycles. The number of carbonyl (C=O) groups excluding carboxylic acids is 1. The summed E-state index contributed by atoms with van der Waals surface area (Å²) in [5, 5.41) is 14.8. The smallest absolute Gasteiger partial charge is 0.234 e. The average molecular weight is 401 g/mol. The quantitative estimate of drug-likeness (QED) is 0.691. The second-order valence-corrected chi connectivity index (χ2v) is 10.5. The third kappa shape index (κ3) is 3.72. The highest BCUT2D eigenvalue weighted by Gasteiger charge is 2.51.